The summed E-state index contributed by atoms with van der Waals surface area (Å²) >= 11 is 9.11. The molecule has 0 spiro atoms. The summed E-state index contributed by atoms with van der Waals surface area (Å²) in [7, 11) is -3.62. The van der Waals surface area contributed by atoms with Crippen LogP contribution in [-0.2, 0) is 14.8 Å². The minimum atomic E-state index is -3.62. The van der Waals surface area contributed by atoms with Crippen molar-refractivity contribution in [3.05, 3.63) is 21.6 Å². The molecule has 0 radical (unpaired) electrons. The summed E-state index contributed by atoms with van der Waals surface area (Å²) in [5.41, 5.74) is 6.04. The molecule has 1 aliphatic heterocycles. The van der Waals surface area contributed by atoms with Gasteiger partial charge in [0.15, 0.2) is 0 Å². The van der Waals surface area contributed by atoms with Gasteiger partial charge in [0, 0.05) is 30.4 Å². The predicted octanol–water partition coefficient (Wildman–Crippen LogP) is 2.10. The van der Waals surface area contributed by atoms with E-state index < -0.39 is 10.0 Å². The van der Waals surface area contributed by atoms with Gasteiger partial charge in [-0.3, -0.25) is 0 Å². The van der Waals surface area contributed by atoms with E-state index in [1.807, 2.05) is 0 Å². The van der Waals surface area contributed by atoms with E-state index in [0.717, 1.165) is 0 Å². The van der Waals surface area contributed by atoms with E-state index in [4.69, 9.17) is 22.1 Å². The number of ether oxygens (including phenoxy) is 1. The third-order valence-electron chi connectivity index (χ3n) is 2.83. The zero-order chi connectivity index (χ0) is 14.0. The molecule has 1 aromatic carbocycles. The maximum absolute atomic E-state index is 12.6. The van der Waals surface area contributed by atoms with Gasteiger partial charge in [0.25, 0.3) is 0 Å². The molecular weight excluding hydrogens is 356 g/mol. The standard InChI is InChI=1S/C11H14BrClN2O3S/c12-11-9(14)6-8(13)7-10(11)19(16,17)15-2-1-4-18-5-3-15/h6-7H,1-5,14H2. The third kappa shape index (κ3) is 3.22. The Morgan fingerprint density at radius 3 is 2.79 bits per heavy atom. The third-order valence-corrected chi connectivity index (χ3v) is 6.12. The van der Waals surface area contributed by atoms with Gasteiger partial charge in [0.2, 0.25) is 10.0 Å². The summed E-state index contributed by atoms with van der Waals surface area (Å²) in [6, 6.07) is 2.92. The van der Waals surface area contributed by atoms with Crippen molar-refractivity contribution in [2.24, 2.45) is 0 Å². The first kappa shape index (κ1) is 15.1. The van der Waals surface area contributed by atoms with E-state index in [1.165, 1.54) is 16.4 Å². The fourth-order valence-corrected chi connectivity index (χ4v) is 4.59. The number of nitrogens with zero attached hydrogens (tertiary/aromatic N) is 1. The summed E-state index contributed by atoms with van der Waals surface area (Å²) in [6.07, 6.45) is 0.674. The highest BCUT2D eigenvalue weighted by Gasteiger charge is 2.28. The van der Waals surface area contributed by atoms with Crippen molar-refractivity contribution < 1.29 is 13.2 Å². The zero-order valence-corrected chi connectivity index (χ0v) is 13.3. The summed E-state index contributed by atoms with van der Waals surface area (Å²) in [4.78, 5) is 0.0967. The molecule has 0 bridgehead atoms. The van der Waals surface area contributed by atoms with Crippen LogP contribution >= 0.6 is 27.5 Å². The van der Waals surface area contributed by atoms with Crippen LogP contribution in [0.15, 0.2) is 21.5 Å². The van der Waals surface area contributed by atoms with Crippen molar-refractivity contribution in [3.63, 3.8) is 0 Å². The Hall–Kier alpha value is -0.340. The van der Waals surface area contributed by atoms with Crippen LogP contribution in [-0.4, -0.2) is 39.0 Å². The molecule has 0 atom stereocenters. The number of sulfonamides is 1. The molecule has 2 rings (SSSR count). The van der Waals surface area contributed by atoms with Crippen LogP contribution in [0.5, 0.6) is 0 Å². The SMILES string of the molecule is Nc1cc(Cl)cc(S(=O)(=O)N2CCCOCC2)c1Br. The van der Waals surface area contributed by atoms with Crippen LogP contribution in [0.3, 0.4) is 0 Å². The Labute approximate surface area is 125 Å². The van der Waals surface area contributed by atoms with Crippen LogP contribution in [0.2, 0.25) is 5.02 Å². The fourth-order valence-electron chi connectivity index (χ4n) is 1.87. The fraction of sp³-hybridized carbons (Fsp3) is 0.455. The number of nitrogens with two attached hydrogens (primary N) is 1. The van der Waals surface area contributed by atoms with E-state index in [-0.39, 0.29) is 4.90 Å². The molecule has 1 aromatic rings. The summed E-state index contributed by atoms with van der Waals surface area (Å²) < 4.78 is 32.2. The van der Waals surface area contributed by atoms with Gasteiger partial charge in [-0.1, -0.05) is 11.6 Å². The lowest BCUT2D eigenvalue weighted by Gasteiger charge is -2.20. The summed E-state index contributed by atoms with van der Waals surface area (Å²) in [5.74, 6) is 0. The van der Waals surface area contributed by atoms with Crippen molar-refractivity contribution in [2.75, 3.05) is 32.0 Å². The van der Waals surface area contributed by atoms with E-state index in [2.05, 4.69) is 15.9 Å². The van der Waals surface area contributed by atoms with E-state index in [9.17, 15) is 8.42 Å². The average molecular weight is 370 g/mol. The summed E-state index contributed by atoms with van der Waals surface area (Å²) in [5, 5.41) is 0.297. The molecule has 1 saturated heterocycles. The first-order chi connectivity index (χ1) is 8.93. The Morgan fingerprint density at radius 2 is 2.05 bits per heavy atom. The Balaban J connectivity index is 2.44. The lowest BCUT2D eigenvalue weighted by atomic mass is 10.3. The van der Waals surface area contributed by atoms with Crippen molar-refractivity contribution in [3.8, 4) is 0 Å². The van der Waals surface area contributed by atoms with Crippen LogP contribution in [0.25, 0.3) is 0 Å². The van der Waals surface area contributed by atoms with Gasteiger partial charge in [-0.05, 0) is 34.5 Å². The topological polar surface area (TPSA) is 72.6 Å². The number of anilines is 1. The molecule has 5 nitrogen and oxygen atoms in total. The smallest absolute Gasteiger partial charge is 0.244 e. The molecule has 106 valence electrons. The van der Waals surface area contributed by atoms with Crippen molar-refractivity contribution in [1.82, 2.24) is 4.31 Å². The highest BCUT2D eigenvalue weighted by molar-refractivity contribution is 9.10. The second-order valence-electron chi connectivity index (χ2n) is 4.18. The lowest BCUT2D eigenvalue weighted by molar-refractivity contribution is 0.148. The number of hydrogen-bond donors (Lipinski definition) is 1. The first-order valence-electron chi connectivity index (χ1n) is 5.75. The van der Waals surface area contributed by atoms with E-state index >= 15 is 0 Å². The average Bonchev–Trinajstić information content (AvgIpc) is 2.62. The summed E-state index contributed by atoms with van der Waals surface area (Å²) in [6.45, 7) is 1.74. The van der Waals surface area contributed by atoms with Crippen LogP contribution in [0.1, 0.15) is 6.42 Å². The normalized spacial score (nSPS) is 18.2. The molecule has 0 aromatic heterocycles. The number of hydrogen-bond acceptors (Lipinski definition) is 4. The molecule has 2 N–H and O–H groups in total. The zero-order valence-electron chi connectivity index (χ0n) is 10.1. The molecule has 1 heterocycles. The molecule has 0 unspecified atom stereocenters. The van der Waals surface area contributed by atoms with E-state index in [1.54, 1.807) is 0 Å². The molecule has 0 saturated carbocycles. The van der Waals surface area contributed by atoms with Gasteiger partial charge in [-0.2, -0.15) is 4.31 Å². The Bertz CT molecular complexity index is 572. The largest absolute Gasteiger partial charge is 0.398 e. The quantitative estimate of drug-likeness (QED) is 0.810. The predicted molar refractivity (Wildman–Crippen MR) is 77.8 cm³/mol. The molecular formula is C11H14BrClN2O3S. The second-order valence-corrected chi connectivity index (χ2v) is 7.31. The van der Waals surface area contributed by atoms with Crippen molar-refractivity contribution >= 4 is 43.2 Å². The number of rotatable bonds is 2. The second kappa shape index (κ2) is 5.97. The van der Waals surface area contributed by atoms with Crippen LogP contribution in [0.4, 0.5) is 5.69 Å². The Kier molecular flexibility index (Phi) is 4.73. The van der Waals surface area contributed by atoms with Gasteiger partial charge >= 0.3 is 0 Å². The number of halogens is 2. The van der Waals surface area contributed by atoms with Gasteiger partial charge in [0.1, 0.15) is 0 Å². The number of benzene rings is 1. The minimum Gasteiger partial charge on any atom is -0.398 e. The van der Waals surface area contributed by atoms with Crippen LogP contribution in [0, 0.1) is 0 Å². The van der Waals surface area contributed by atoms with E-state index in [0.29, 0.717) is 47.9 Å². The maximum atomic E-state index is 12.6. The maximum Gasteiger partial charge on any atom is 0.244 e. The molecule has 8 heteroatoms. The van der Waals surface area contributed by atoms with Crippen molar-refractivity contribution in [2.45, 2.75) is 11.3 Å². The molecule has 19 heavy (non-hydrogen) atoms. The molecule has 0 aliphatic carbocycles. The van der Waals surface area contributed by atoms with Gasteiger partial charge in [0.05, 0.1) is 16.0 Å². The lowest BCUT2D eigenvalue weighted by Crippen LogP contribution is -2.33. The molecule has 1 aliphatic rings. The highest BCUT2D eigenvalue weighted by atomic mass is 79.9. The van der Waals surface area contributed by atoms with Crippen molar-refractivity contribution in [1.29, 1.82) is 0 Å². The molecule has 0 amide bonds. The minimum absolute atomic E-state index is 0.0967. The Morgan fingerprint density at radius 1 is 1.32 bits per heavy atom. The van der Waals surface area contributed by atoms with Gasteiger partial charge < -0.3 is 10.5 Å². The first-order valence-corrected chi connectivity index (χ1v) is 8.36. The monoisotopic (exact) mass is 368 g/mol. The molecule has 1 fully saturated rings. The van der Waals surface area contributed by atoms with Crippen LogP contribution < -0.4 is 5.73 Å². The highest BCUT2D eigenvalue weighted by Crippen LogP contribution is 2.33. The van der Waals surface area contributed by atoms with Gasteiger partial charge in [-0.25, -0.2) is 8.42 Å². The number of nitrogen functional groups attached to an aromatic ring is 1. The van der Waals surface area contributed by atoms with Gasteiger partial charge in [-0.15, -0.1) is 0 Å².